The number of carbonyl (C=O) groups excluding carboxylic acids is 2. The molecule has 0 atom stereocenters. The van der Waals surface area contributed by atoms with E-state index in [1.807, 2.05) is 24.3 Å². The predicted molar refractivity (Wildman–Crippen MR) is 112 cm³/mol. The smallest absolute Gasteiger partial charge is 0.333 e. The fourth-order valence-electron chi connectivity index (χ4n) is 2.32. The molecule has 0 aliphatic rings. The second kappa shape index (κ2) is 10.9. The molecule has 1 aromatic carbocycles. The lowest BCUT2D eigenvalue weighted by atomic mass is 10.2. The van der Waals surface area contributed by atoms with Crippen molar-refractivity contribution in [3.63, 3.8) is 0 Å². The van der Waals surface area contributed by atoms with Crippen LogP contribution in [0.5, 0.6) is 0 Å². The fourth-order valence-corrected chi connectivity index (χ4v) is 3.76. The van der Waals surface area contributed by atoms with Gasteiger partial charge in [-0.1, -0.05) is 28.1 Å². The van der Waals surface area contributed by atoms with E-state index in [0.717, 1.165) is 21.4 Å². The van der Waals surface area contributed by atoms with E-state index in [1.165, 1.54) is 17.8 Å². The minimum absolute atomic E-state index is 0.198. The zero-order chi connectivity index (χ0) is 20.5. The van der Waals surface area contributed by atoms with Gasteiger partial charge in [0.1, 0.15) is 11.2 Å². The summed E-state index contributed by atoms with van der Waals surface area (Å²) >= 11 is 4.53. The van der Waals surface area contributed by atoms with E-state index in [-0.39, 0.29) is 24.6 Å². The Bertz CT molecular complexity index is 1010. The number of amides is 1. The van der Waals surface area contributed by atoms with Crippen LogP contribution in [0.25, 0.3) is 12.2 Å². The number of hydrogen-bond acceptors (Lipinski definition) is 6. The SMILES string of the molecule is CCOC(=O)C=c1sc(=Cc2cccc(Br)c2)c(=O)n1CC(=O)NCCOC. The molecule has 0 fully saturated rings. The Morgan fingerprint density at radius 2 is 2.14 bits per heavy atom. The topological polar surface area (TPSA) is 86.6 Å². The van der Waals surface area contributed by atoms with Crippen LogP contribution in [0.1, 0.15) is 12.5 Å². The largest absolute Gasteiger partial charge is 0.463 e. The lowest BCUT2D eigenvalue weighted by molar-refractivity contribution is -0.135. The van der Waals surface area contributed by atoms with Crippen molar-refractivity contribution in [2.45, 2.75) is 13.5 Å². The van der Waals surface area contributed by atoms with Crippen LogP contribution in [-0.4, -0.2) is 43.3 Å². The Hall–Kier alpha value is -2.23. The van der Waals surface area contributed by atoms with E-state index in [1.54, 1.807) is 13.0 Å². The van der Waals surface area contributed by atoms with E-state index in [0.29, 0.717) is 22.3 Å². The maximum Gasteiger partial charge on any atom is 0.333 e. The highest BCUT2D eigenvalue weighted by Gasteiger charge is 2.11. The molecule has 0 radical (unpaired) electrons. The molecule has 0 bridgehead atoms. The number of thiazole rings is 1. The van der Waals surface area contributed by atoms with Crippen molar-refractivity contribution >= 4 is 51.3 Å². The summed E-state index contributed by atoms with van der Waals surface area (Å²) in [4.78, 5) is 36.8. The van der Waals surface area contributed by atoms with Gasteiger partial charge >= 0.3 is 5.97 Å². The highest BCUT2D eigenvalue weighted by atomic mass is 79.9. The minimum atomic E-state index is -0.564. The van der Waals surface area contributed by atoms with Crippen LogP contribution in [0, 0.1) is 0 Å². The molecule has 0 spiro atoms. The third-order valence-corrected chi connectivity index (χ3v) is 5.09. The first-order chi connectivity index (χ1) is 13.4. The summed E-state index contributed by atoms with van der Waals surface area (Å²) in [6.45, 7) is 2.43. The Morgan fingerprint density at radius 3 is 2.82 bits per heavy atom. The molecular weight excluding hydrogens is 448 g/mol. The third-order valence-electron chi connectivity index (χ3n) is 3.54. The zero-order valence-electron chi connectivity index (χ0n) is 15.6. The van der Waals surface area contributed by atoms with Gasteiger partial charge in [-0.3, -0.25) is 14.2 Å². The van der Waals surface area contributed by atoms with E-state index in [4.69, 9.17) is 9.47 Å². The van der Waals surface area contributed by atoms with Crippen LogP contribution in [-0.2, 0) is 25.6 Å². The van der Waals surface area contributed by atoms with Gasteiger partial charge in [-0.15, -0.1) is 11.3 Å². The Labute approximate surface area is 174 Å². The number of rotatable bonds is 8. The van der Waals surface area contributed by atoms with Gasteiger partial charge in [0.2, 0.25) is 5.91 Å². The number of ether oxygens (including phenoxy) is 2. The summed E-state index contributed by atoms with van der Waals surface area (Å²) in [7, 11) is 1.53. The van der Waals surface area contributed by atoms with Gasteiger partial charge in [-0.2, -0.15) is 0 Å². The second-order valence-corrected chi connectivity index (χ2v) is 7.61. The number of nitrogens with zero attached hydrogens (tertiary/aromatic N) is 1. The molecule has 1 amide bonds. The van der Waals surface area contributed by atoms with E-state index in [9.17, 15) is 14.4 Å². The van der Waals surface area contributed by atoms with Gasteiger partial charge < -0.3 is 14.8 Å². The fraction of sp³-hybridized carbons (Fsp3) is 0.316. The first-order valence-electron chi connectivity index (χ1n) is 8.55. The highest BCUT2D eigenvalue weighted by molar-refractivity contribution is 9.10. The number of nitrogens with one attached hydrogen (secondary N) is 1. The summed E-state index contributed by atoms with van der Waals surface area (Å²) in [5.74, 6) is -0.907. The molecule has 1 aromatic heterocycles. The molecule has 0 unspecified atom stereocenters. The summed E-state index contributed by atoms with van der Waals surface area (Å²) in [5, 5.41) is 2.67. The van der Waals surface area contributed by atoms with Crippen molar-refractivity contribution < 1.29 is 19.1 Å². The first kappa shape index (κ1) is 22.1. The zero-order valence-corrected chi connectivity index (χ0v) is 18.0. The molecule has 0 saturated heterocycles. The van der Waals surface area contributed by atoms with Crippen LogP contribution < -0.4 is 20.1 Å². The molecule has 2 rings (SSSR count). The van der Waals surface area contributed by atoms with Gasteiger partial charge in [0.15, 0.2) is 0 Å². The normalized spacial score (nSPS) is 12.2. The number of halogens is 1. The van der Waals surface area contributed by atoms with Gasteiger partial charge in [0, 0.05) is 18.1 Å². The average Bonchev–Trinajstić information content (AvgIpc) is 2.91. The van der Waals surface area contributed by atoms with E-state index >= 15 is 0 Å². The maximum absolute atomic E-state index is 12.8. The minimum Gasteiger partial charge on any atom is -0.463 e. The molecule has 0 aliphatic heterocycles. The van der Waals surface area contributed by atoms with Crippen LogP contribution in [0.15, 0.2) is 33.5 Å². The van der Waals surface area contributed by atoms with Gasteiger partial charge in [-0.25, -0.2) is 4.79 Å². The van der Waals surface area contributed by atoms with Crippen molar-refractivity contribution in [2.75, 3.05) is 26.9 Å². The molecule has 2 aromatic rings. The molecule has 9 heteroatoms. The standard InChI is InChI=1S/C19H21BrN2O5S/c1-3-27-18(24)11-17-22(12-16(23)21-7-8-26-2)19(25)15(28-17)10-13-5-4-6-14(20)9-13/h4-6,9-11H,3,7-8,12H2,1-2H3,(H,21,23). The van der Waals surface area contributed by atoms with Crippen molar-refractivity contribution in [3.8, 4) is 0 Å². The van der Waals surface area contributed by atoms with Crippen molar-refractivity contribution in [1.29, 1.82) is 0 Å². The number of carbonyl (C=O) groups is 2. The van der Waals surface area contributed by atoms with E-state index < -0.39 is 5.97 Å². The van der Waals surface area contributed by atoms with Crippen molar-refractivity contribution in [1.82, 2.24) is 9.88 Å². The quantitative estimate of drug-likeness (QED) is 0.452. The predicted octanol–water partition coefficient (Wildman–Crippen LogP) is 0.607. The lowest BCUT2D eigenvalue weighted by Gasteiger charge is -2.05. The molecule has 1 N–H and O–H groups in total. The maximum atomic E-state index is 12.8. The molecule has 28 heavy (non-hydrogen) atoms. The number of hydrogen-bond donors (Lipinski definition) is 1. The lowest BCUT2D eigenvalue weighted by Crippen LogP contribution is -2.39. The Balaban J connectivity index is 2.46. The van der Waals surface area contributed by atoms with Crippen LogP contribution in [0.4, 0.5) is 0 Å². The van der Waals surface area contributed by atoms with Gasteiger partial charge in [0.25, 0.3) is 5.56 Å². The molecular formula is C19H21BrN2O5S. The average molecular weight is 469 g/mol. The number of benzene rings is 1. The number of methoxy groups -OCH3 is 1. The van der Waals surface area contributed by atoms with E-state index in [2.05, 4.69) is 21.2 Å². The molecule has 0 aliphatic carbocycles. The first-order valence-corrected chi connectivity index (χ1v) is 10.2. The molecule has 0 saturated carbocycles. The summed E-state index contributed by atoms with van der Waals surface area (Å²) < 4.78 is 12.7. The molecule has 7 nitrogen and oxygen atoms in total. The summed E-state index contributed by atoms with van der Waals surface area (Å²) in [6.07, 6.45) is 2.95. The van der Waals surface area contributed by atoms with Crippen molar-refractivity contribution in [3.05, 3.63) is 53.9 Å². The third kappa shape index (κ3) is 6.43. The molecule has 150 valence electrons. The highest BCUT2D eigenvalue weighted by Crippen LogP contribution is 2.11. The van der Waals surface area contributed by atoms with Crippen LogP contribution in [0.3, 0.4) is 0 Å². The summed E-state index contributed by atoms with van der Waals surface area (Å²) in [6, 6.07) is 7.47. The van der Waals surface area contributed by atoms with Crippen LogP contribution in [0.2, 0.25) is 0 Å². The van der Waals surface area contributed by atoms with Gasteiger partial charge in [-0.05, 0) is 30.7 Å². The Morgan fingerprint density at radius 1 is 1.36 bits per heavy atom. The monoisotopic (exact) mass is 468 g/mol. The van der Waals surface area contributed by atoms with Crippen molar-refractivity contribution in [2.24, 2.45) is 0 Å². The second-order valence-electron chi connectivity index (χ2n) is 5.63. The van der Waals surface area contributed by atoms with Gasteiger partial charge in [0.05, 0.1) is 23.8 Å². The Kier molecular flexibility index (Phi) is 8.62. The van der Waals surface area contributed by atoms with Crippen LogP contribution >= 0.6 is 27.3 Å². The number of esters is 1. The number of aromatic nitrogens is 1. The summed E-state index contributed by atoms with van der Waals surface area (Å²) in [5.41, 5.74) is 0.481. The molecule has 1 heterocycles.